The Kier molecular flexibility index (Phi) is 8.72. The fraction of sp³-hybridized carbons (Fsp3) is 1.00. The molecule has 0 atom stereocenters. The topological polar surface area (TPSA) is 15.3 Å². The minimum Gasteiger partial charge on any atom is -0.315 e. The first-order valence-corrected chi connectivity index (χ1v) is 7.79. The van der Waals surface area contributed by atoms with E-state index in [-0.39, 0.29) is 0 Å². The van der Waals surface area contributed by atoms with Crippen LogP contribution in [0.2, 0.25) is 0 Å². The second-order valence-corrected chi connectivity index (χ2v) is 5.42. The molecule has 17 heavy (non-hydrogen) atoms. The van der Waals surface area contributed by atoms with Crippen LogP contribution in [0.1, 0.15) is 58.8 Å². The summed E-state index contributed by atoms with van der Waals surface area (Å²) in [5.41, 5.74) is 0. The molecule has 102 valence electrons. The first-order valence-electron chi connectivity index (χ1n) is 7.79. The Morgan fingerprint density at radius 3 is 2.18 bits per heavy atom. The Bertz CT molecular complexity index is 158. The van der Waals surface area contributed by atoms with E-state index in [9.17, 15) is 0 Å². The molecule has 1 saturated carbocycles. The highest BCUT2D eigenvalue weighted by molar-refractivity contribution is 4.66. The summed E-state index contributed by atoms with van der Waals surface area (Å²) in [7, 11) is 0. The molecule has 1 fully saturated rings. The van der Waals surface area contributed by atoms with Gasteiger partial charge in [-0.05, 0) is 32.0 Å². The summed E-state index contributed by atoms with van der Waals surface area (Å²) in [5, 5.41) is 3.61. The van der Waals surface area contributed by atoms with Crippen molar-refractivity contribution in [1.29, 1.82) is 0 Å². The van der Waals surface area contributed by atoms with Crippen LogP contribution in [0.25, 0.3) is 0 Å². The summed E-state index contributed by atoms with van der Waals surface area (Å²) in [5.74, 6) is 1.01. The minimum atomic E-state index is 1.01. The average molecular weight is 240 g/mol. The van der Waals surface area contributed by atoms with Crippen LogP contribution in [0.5, 0.6) is 0 Å². The molecule has 0 spiro atoms. The second-order valence-electron chi connectivity index (χ2n) is 5.42. The van der Waals surface area contributed by atoms with Gasteiger partial charge < -0.3 is 10.2 Å². The fourth-order valence-electron chi connectivity index (χ4n) is 2.86. The van der Waals surface area contributed by atoms with Gasteiger partial charge in [0.25, 0.3) is 0 Å². The Hall–Kier alpha value is -0.0800. The van der Waals surface area contributed by atoms with E-state index in [2.05, 4.69) is 24.1 Å². The van der Waals surface area contributed by atoms with Crippen LogP contribution in [0.3, 0.4) is 0 Å². The van der Waals surface area contributed by atoms with Crippen LogP contribution in [0.15, 0.2) is 0 Å². The van der Waals surface area contributed by atoms with Gasteiger partial charge in [0.1, 0.15) is 0 Å². The normalized spacial score (nSPS) is 18.5. The Morgan fingerprint density at radius 1 is 0.941 bits per heavy atom. The number of hydrogen-bond acceptors (Lipinski definition) is 2. The number of nitrogens with one attached hydrogen (secondary N) is 1. The van der Waals surface area contributed by atoms with Gasteiger partial charge in [-0.2, -0.15) is 0 Å². The van der Waals surface area contributed by atoms with Crippen molar-refractivity contribution >= 4 is 0 Å². The van der Waals surface area contributed by atoms with Gasteiger partial charge in [0.2, 0.25) is 0 Å². The van der Waals surface area contributed by atoms with Gasteiger partial charge in [-0.15, -0.1) is 0 Å². The van der Waals surface area contributed by atoms with Gasteiger partial charge in [0, 0.05) is 13.1 Å². The van der Waals surface area contributed by atoms with E-state index < -0.39 is 0 Å². The van der Waals surface area contributed by atoms with Crippen LogP contribution < -0.4 is 5.32 Å². The molecule has 0 aromatic rings. The Balaban J connectivity index is 1.95. The third-order valence-electron chi connectivity index (χ3n) is 4.20. The lowest BCUT2D eigenvalue weighted by molar-refractivity contribution is 0.299. The lowest BCUT2D eigenvalue weighted by atomic mass is 9.97. The van der Waals surface area contributed by atoms with Crippen molar-refractivity contribution in [1.82, 2.24) is 10.2 Å². The molecule has 1 aliphatic rings. The van der Waals surface area contributed by atoms with Crippen molar-refractivity contribution < 1.29 is 0 Å². The van der Waals surface area contributed by atoms with Crippen LogP contribution in [0.4, 0.5) is 0 Å². The number of likely N-dealkylation sites (N-methyl/N-ethyl adjacent to an activating group) is 1. The predicted octanol–water partition coefficient (Wildman–Crippen LogP) is 3.28. The smallest absolute Gasteiger partial charge is 0.0107 e. The van der Waals surface area contributed by atoms with Gasteiger partial charge in [-0.25, -0.2) is 0 Å². The summed E-state index contributed by atoms with van der Waals surface area (Å²) >= 11 is 0. The van der Waals surface area contributed by atoms with E-state index in [4.69, 9.17) is 0 Å². The molecule has 2 heteroatoms. The molecule has 0 aromatic carbocycles. The third-order valence-corrected chi connectivity index (χ3v) is 4.20. The standard InChI is InChI=1S/C15H32N2/c1-3-17(4-2)14-13-16-12-11-15-9-7-5-6-8-10-15/h15-16H,3-14H2,1-2H3. The maximum Gasteiger partial charge on any atom is 0.0107 e. The van der Waals surface area contributed by atoms with Crippen LogP contribution in [-0.2, 0) is 0 Å². The molecule has 0 unspecified atom stereocenters. The largest absolute Gasteiger partial charge is 0.315 e. The molecule has 0 radical (unpaired) electrons. The summed E-state index contributed by atoms with van der Waals surface area (Å²) in [6.07, 6.45) is 10.3. The zero-order valence-electron chi connectivity index (χ0n) is 12.0. The molecule has 1 rings (SSSR count). The van der Waals surface area contributed by atoms with Crippen LogP contribution in [-0.4, -0.2) is 37.6 Å². The highest BCUT2D eigenvalue weighted by Crippen LogP contribution is 2.24. The second kappa shape index (κ2) is 9.90. The van der Waals surface area contributed by atoms with Crippen molar-refractivity contribution in [3.63, 3.8) is 0 Å². The van der Waals surface area contributed by atoms with E-state index in [1.54, 1.807) is 0 Å². The van der Waals surface area contributed by atoms with E-state index in [0.29, 0.717) is 0 Å². The average Bonchev–Trinajstić information content (AvgIpc) is 2.62. The van der Waals surface area contributed by atoms with E-state index >= 15 is 0 Å². The Labute approximate surface area is 108 Å². The number of nitrogens with zero attached hydrogens (tertiary/aromatic N) is 1. The van der Waals surface area contributed by atoms with Crippen molar-refractivity contribution in [3.8, 4) is 0 Å². The van der Waals surface area contributed by atoms with Crippen LogP contribution >= 0.6 is 0 Å². The van der Waals surface area contributed by atoms with Gasteiger partial charge in [-0.1, -0.05) is 52.4 Å². The quantitative estimate of drug-likeness (QED) is 0.517. The maximum absolute atomic E-state index is 3.61. The summed E-state index contributed by atoms with van der Waals surface area (Å²) in [6.45, 7) is 10.4. The predicted molar refractivity (Wildman–Crippen MR) is 76.5 cm³/mol. The molecule has 0 saturated heterocycles. The maximum atomic E-state index is 3.61. The molecule has 1 aliphatic carbocycles. The molecule has 0 amide bonds. The molecule has 0 heterocycles. The van der Waals surface area contributed by atoms with Gasteiger partial charge in [-0.3, -0.25) is 0 Å². The summed E-state index contributed by atoms with van der Waals surface area (Å²) < 4.78 is 0. The molecular formula is C15H32N2. The van der Waals surface area contributed by atoms with Crippen molar-refractivity contribution in [2.45, 2.75) is 58.8 Å². The highest BCUT2D eigenvalue weighted by Gasteiger charge is 2.11. The van der Waals surface area contributed by atoms with Crippen molar-refractivity contribution in [2.75, 3.05) is 32.7 Å². The van der Waals surface area contributed by atoms with Crippen LogP contribution in [0, 0.1) is 5.92 Å². The third kappa shape index (κ3) is 7.05. The van der Waals surface area contributed by atoms with Gasteiger partial charge in [0.05, 0.1) is 0 Å². The lowest BCUT2D eigenvalue weighted by Crippen LogP contribution is -2.32. The summed E-state index contributed by atoms with van der Waals surface area (Å²) in [4.78, 5) is 2.48. The summed E-state index contributed by atoms with van der Waals surface area (Å²) in [6, 6.07) is 0. The molecule has 0 bridgehead atoms. The Morgan fingerprint density at radius 2 is 1.59 bits per heavy atom. The van der Waals surface area contributed by atoms with Crippen molar-refractivity contribution in [3.05, 3.63) is 0 Å². The lowest BCUT2D eigenvalue weighted by Gasteiger charge is -2.19. The van der Waals surface area contributed by atoms with E-state index in [1.807, 2.05) is 0 Å². The number of rotatable bonds is 8. The molecule has 0 aliphatic heterocycles. The zero-order chi connectivity index (χ0) is 12.3. The highest BCUT2D eigenvalue weighted by atomic mass is 15.1. The first-order chi connectivity index (χ1) is 8.36. The monoisotopic (exact) mass is 240 g/mol. The first kappa shape index (κ1) is 15.0. The number of hydrogen-bond donors (Lipinski definition) is 1. The fourth-order valence-corrected chi connectivity index (χ4v) is 2.86. The van der Waals surface area contributed by atoms with E-state index in [0.717, 1.165) is 12.5 Å². The molecular weight excluding hydrogens is 208 g/mol. The molecule has 0 aromatic heterocycles. The SMILES string of the molecule is CCN(CC)CCNCCC1CCCCCC1. The van der Waals surface area contributed by atoms with Gasteiger partial charge >= 0.3 is 0 Å². The molecule has 1 N–H and O–H groups in total. The zero-order valence-corrected chi connectivity index (χ0v) is 12.0. The molecule has 2 nitrogen and oxygen atoms in total. The van der Waals surface area contributed by atoms with Crippen molar-refractivity contribution in [2.24, 2.45) is 5.92 Å². The van der Waals surface area contributed by atoms with Gasteiger partial charge in [0.15, 0.2) is 0 Å². The van der Waals surface area contributed by atoms with E-state index in [1.165, 1.54) is 71.1 Å². The minimum absolute atomic E-state index is 1.01.